The monoisotopic (exact) mass is 240 g/mol. The molecule has 2 aliphatic rings. The van der Waals surface area contributed by atoms with E-state index in [9.17, 15) is 0 Å². The van der Waals surface area contributed by atoms with Gasteiger partial charge in [-0.25, -0.2) is 0 Å². The van der Waals surface area contributed by atoms with E-state index in [1.165, 1.54) is 19.5 Å². The van der Waals surface area contributed by atoms with Crippen molar-refractivity contribution >= 4 is 0 Å². The Bertz CT molecular complexity index is 249. The van der Waals surface area contributed by atoms with Crippen molar-refractivity contribution in [2.24, 2.45) is 17.6 Å². The third kappa shape index (κ3) is 2.51. The van der Waals surface area contributed by atoms with Crippen LogP contribution in [0, 0.1) is 11.8 Å². The van der Waals surface area contributed by atoms with Gasteiger partial charge in [-0.05, 0) is 44.6 Å². The molecule has 17 heavy (non-hydrogen) atoms. The first kappa shape index (κ1) is 13.3. The van der Waals surface area contributed by atoms with Crippen molar-refractivity contribution in [3.8, 4) is 0 Å². The molecule has 1 atom stereocenters. The van der Waals surface area contributed by atoms with Crippen LogP contribution in [0.3, 0.4) is 0 Å². The zero-order valence-corrected chi connectivity index (χ0v) is 11.6. The van der Waals surface area contributed by atoms with Crippen molar-refractivity contribution in [3.63, 3.8) is 0 Å². The molecule has 2 N–H and O–H groups in total. The summed E-state index contributed by atoms with van der Waals surface area (Å²) in [5, 5.41) is 0. The van der Waals surface area contributed by atoms with Gasteiger partial charge in [0.25, 0.3) is 0 Å². The Balaban J connectivity index is 1.89. The number of nitrogens with zero attached hydrogens (tertiary/aromatic N) is 1. The lowest BCUT2D eigenvalue weighted by molar-refractivity contribution is -0.0945. The van der Waals surface area contributed by atoms with Crippen LogP contribution >= 0.6 is 0 Å². The topological polar surface area (TPSA) is 38.5 Å². The molecule has 2 rings (SSSR count). The molecule has 1 saturated heterocycles. The second-order valence-electron chi connectivity index (χ2n) is 6.15. The molecule has 3 nitrogen and oxygen atoms in total. The fourth-order valence-corrected chi connectivity index (χ4v) is 3.46. The molecule has 0 amide bonds. The van der Waals surface area contributed by atoms with E-state index < -0.39 is 0 Å². The molecule has 100 valence electrons. The van der Waals surface area contributed by atoms with E-state index >= 15 is 0 Å². The SMILES string of the molecule is CCOC1CC(CN)(N2CCC(C(C)C)C2)C1. The van der Waals surface area contributed by atoms with Crippen molar-refractivity contribution in [2.75, 3.05) is 26.2 Å². The fourth-order valence-electron chi connectivity index (χ4n) is 3.46. The van der Waals surface area contributed by atoms with Gasteiger partial charge in [0.2, 0.25) is 0 Å². The Morgan fingerprint density at radius 1 is 1.41 bits per heavy atom. The van der Waals surface area contributed by atoms with Gasteiger partial charge >= 0.3 is 0 Å². The molecular weight excluding hydrogens is 212 g/mol. The molecule has 2 fully saturated rings. The number of rotatable bonds is 5. The summed E-state index contributed by atoms with van der Waals surface area (Å²) in [5.41, 5.74) is 6.30. The first-order chi connectivity index (χ1) is 8.11. The van der Waals surface area contributed by atoms with E-state index in [2.05, 4.69) is 25.7 Å². The lowest BCUT2D eigenvalue weighted by Crippen LogP contribution is -2.63. The fraction of sp³-hybridized carbons (Fsp3) is 1.00. The normalized spacial score (nSPS) is 38.6. The van der Waals surface area contributed by atoms with E-state index in [0.29, 0.717) is 6.10 Å². The van der Waals surface area contributed by atoms with Crippen LogP contribution in [-0.4, -0.2) is 42.8 Å². The Labute approximate surface area is 106 Å². The van der Waals surface area contributed by atoms with Crippen molar-refractivity contribution in [1.82, 2.24) is 4.90 Å². The smallest absolute Gasteiger partial charge is 0.0611 e. The summed E-state index contributed by atoms with van der Waals surface area (Å²) in [7, 11) is 0. The summed E-state index contributed by atoms with van der Waals surface area (Å²) < 4.78 is 5.69. The van der Waals surface area contributed by atoms with Crippen LogP contribution < -0.4 is 5.73 Å². The van der Waals surface area contributed by atoms with Gasteiger partial charge in [-0.1, -0.05) is 13.8 Å². The summed E-state index contributed by atoms with van der Waals surface area (Å²) in [6, 6.07) is 0. The molecule has 1 saturated carbocycles. The predicted molar refractivity (Wildman–Crippen MR) is 71.0 cm³/mol. The van der Waals surface area contributed by atoms with Gasteiger partial charge < -0.3 is 10.5 Å². The van der Waals surface area contributed by atoms with E-state index in [-0.39, 0.29) is 5.54 Å². The highest BCUT2D eigenvalue weighted by Crippen LogP contribution is 2.42. The molecule has 0 aromatic heterocycles. The third-order valence-corrected chi connectivity index (χ3v) is 4.84. The van der Waals surface area contributed by atoms with Gasteiger partial charge in [-0.15, -0.1) is 0 Å². The van der Waals surface area contributed by atoms with Gasteiger partial charge in [0.1, 0.15) is 0 Å². The number of likely N-dealkylation sites (tertiary alicyclic amines) is 1. The van der Waals surface area contributed by atoms with Crippen molar-refractivity contribution in [1.29, 1.82) is 0 Å². The molecule has 1 heterocycles. The molecule has 3 heteroatoms. The zero-order valence-electron chi connectivity index (χ0n) is 11.6. The molecule has 0 aromatic carbocycles. The van der Waals surface area contributed by atoms with Gasteiger partial charge in [0.15, 0.2) is 0 Å². The van der Waals surface area contributed by atoms with Crippen molar-refractivity contribution in [2.45, 2.75) is 51.7 Å². The second-order valence-corrected chi connectivity index (χ2v) is 6.15. The maximum Gasteiger partial charge on any atom is 0.0611 e. The van der Waals surface area contributed by atoms with Gasteiger partial charge in [-0.3, -0.25) is 4.90 Å². The molecular formula is C14H28N2O. The van der Waals surface area contributed by atoms with E-state index in [0.717, 1.165) is 37.8 Å². The first-order valence-corrected chi connectivity index (χ1v) is 7.18. The maximum absolute atomic E-state index is 6.03. The highest BCUT2D eigenvalue weighted by atomic mass is 16.5. The average molecular weight is 240 g/mol. The van der Waals surface area contributed by atoms with E-state index in [4.69, 9.17) is 10.5 Å². The van der Waals surface area contributed by atoms with Crippen LogP contribution in [0.1, 0.15) is 40.0 Å². The summed E-state index contributed by atoms with van der Waals surface area (Å²) in [6.45, 7) is 10.9. The Hall–Kier alpha value is -0.120. The zero-order chi connectivity index (χ0) is 12.5. The lowest BCUT2D eigenvalue weighted by Gasteiger charge is -2.52. The number of nitrogens with two attached hydrogens (primary N) is 1. The minimum Gasteiger partial charge on any atom is -0.378 e. The van der Waals surface area contributed by atoms with Crippen LogP contribution in [0.25, 0.3) is 0 Å². The first-order valence-electron chi connectivity index (χ1n) is 7.18. The Morgan fingerprint density at radius 3 is 2.59 bits per heavy atom. The quantitative estimate of drug-likeness (QED) is 0.797. The lowest BCUT2D eigenvalue weighted by atomic mass is 9.73. The summed E-state index contributed by atoms with van der Waals surface area (Å²) in [5.74, 6) is 1.67. The van der Waals surface area contributed by atoms with Crippen molar-refractivity contribution in [3.05, 3.63) is 0 Å². The van der Waals surface area contributed by atoms with Crippen LogP contribution in [0.4, 0.5) is 0 Å². The maximum atomic E-state index is 6.03. The summed E-state index contributed by atoms with van der Waals surface area (Å²) in [4.78, 5) is 2.65. The van der Waals surface area contributed by atoms with Gasteiger partial charge in [0, 0.05) is 25.2 Å². The molecule has 1 aliphatic heterocycles. The summed E-state index contributed by atoms with van der Waals surface area (Å²) >= 11 is 0. The molecule has 0 spiro atoms. The molecule has 1 aliphatic carbocycles. The molecule has 0 radical (unpaired) electrons. The van der Waals surface area contributed by atoms with Crippen LogP contribution in [0.2, 0.25) is 0 Å². The number of ether oxygens (including phenoxy) is 1. The standard InChI is InChI=1S/C14H28N2O/c1-4-17-13-7-14(8-13,10-15)16-6-5-12(9-16)11(2)3/h11-13H,4-10,15H2,1-3H3. The van der Waals surface area contributed by atoms with E-state index in [1.807, 2.05) is 0 Å². The number of hydrogen-bond acceptors (Lipinski definition) is 3. The van der Waals surface area contributed by atoms with E-state index in [1.54, 1.807) is 0 Å². The predicted octanol–water partition coefficient (Wildman–Crippen LogP) is 1.86. The van der Waals surface area contributed by atoms with Crippen LogP contribution in [0.15, 0.2) is 0 Å². The highest BCUT2D eigenvalue weighted by Gasteiger charge is 2.49. The average Bonchev–Trinajstić information content (AvgIpc) is 2.72. The minimum absolute atomic E-state index is 0.267. The largest absolute Gasteiger partial charge is 0.378 e. The van der Waals surface area contributed by atoms with Crippen LogP contribution in [0.5, 0.6) is 0 Å². The molecule has 0 bridgehead atoms. The van der Waals surface area contributed by atoms with Crippen molar-refractivity contribution < 1.29 is 4.74 Å². The minimum atomic E-state index is 0.267. The Kier molecular flexibility index (Phi) is 4.11. The second kappa shape index (κ2) is 5.25. The van der Waals surface area contributed by atoms with Crippen LogP contribution in [-0.2, 0) is 4.74 Å². The summed E-state index contributed by atoms with van der Waals surface area (Å²) in [6.07, 6.45) is 4.09. The third-order valence-electron chi connectivity index (χ3n) is 4.84. The highest BCUT2D eigenvalue weighted by molar-refractivity contribution is 5.06. The van der Waals surface area contributed by atoms with Gasteiger partial charge in [-0.2, -0.15) is 0 Å². The number of hydrogen-bond donors (Lipinski definition) is 1. The van der Waals surface area contributed by atoms with Gasteiger partial charge in [0.05, 0.1) is 6.10 Å². The molecule has 0 aromatic rings. The Morgan fingerprint density at radius 2 is 2.12 bits per heavy atom. The molecule has 1 unspecified atom stereocenters.